The minimum absolute atomic E-state index is 0.136. The fraction of sp³-hybridized carbons (Fsp3) is 0.357. The molecule has 0 aliphatic heterocycles. The molecule has 0 amide bonds. The summed E-state index contributed by atoms with van der Waals surface area (Å²) >= 11 is 2.27. The molecule has 1 N–H and O–H groups in total. The van der Waals surface area contributed by atoms with Crippen molar-refractivity contribution in [3.63, 3.8) is 0 Å². The van der Waals surface area contributed by atoms with E-state index in [4.69, 9.17) is 0 Å². The third-order valence-corrected chi connectivity index (χ3v) is 3.11. The smallest absolute Gasteiger partial charge is 0.0649 e. The Hall–Kier alpha value is -0.880. The molecule has 96 valence electrons. The van der Waals surface area contributed by atoms with E-state index in [1.54, 1.807) is 0 Å². The summed E-state index contributed by atoms with van der Waals surface area (Å²) in [5.41, 5.74) is 2.51. The number of nitrogens with zero attached hydrogens (tertiary/aromatic N) is 2. The molecule has 0 aliphatic carbocycles. The van der Waals surface area contributed by atoms with E-state index in [-0.39, 0.29) is 5.54 Å². The minimum atomic E-state index is 0.136. The van der Waals surface area contributed by atoms with E-state index < -0.39 is 0 Å². The first-order valence-corrected chi connectivity index (χ1v) is 7.06. The van der Waals surface area contributed by atoms with Gasteiger partial charge in [-0.2, -0.15) is 5.10 Å². The molecule has 0 unspecified atom stereocenters. The van der Waals surface area contributed by atoms with E-state index in [2.05, 4.69) is 78.0 Å². The van der Waals surface area contributed by atoms with Crippen molar-refractivity contribution in [2.24, 2.45) is 0 Å². The van der Waals surface area contributed by atoms with Crippen LogP contribution in [-0.4, -0.2) is 15.3 Å². The van der Waals surface area contributed by atoms with Crippen molar-refractivity contribution < 1.29 is 0 Å². The average Bonchev–Trinajstić information content (AvgIpc) is 2.73. The van der Waals surface area contributed by atoms with Gasteiger partial charge in [-0.05, 0) is 61.1 Å². The molecule has 0 saturated heterocycles. The van der Waals surface area contributed by atoms with Crippen molar-refractivity contribution in [2.75, 3.05) is 0 Å². The Balaban J connectivity index is 2.15. The standard InChI is InChI=1S/C14H18IN3/c1-14(2,3)16-8-11-5-4-6-13(7-11)18-10-12(15)9-17-18/h4-7,9-10,16H,8H2,1-3H3. The lowest BCUT2D eigenvalue weighted by Crippen LogP contribution is -2.35. The second-order valence-electron chi connectivity index (χ2n) is 5.38. The van der Waals surface area contributed by atoms with Crippen molar-refractivity contribution in [1.29, 1.82) is 0 Å². The lowest BCUT2D eigenvalue weighted by Gasteiger charge is -2.20. The summed E-state index contributed by atoms with van der Waals surface area (Å²) < 4.78 is 3.05. The topological polar surface area (TPSA) is 29.9 Å². The quantitative estimate of drug-likeness (QED) is 0.856. The number of benzene rings is 1. The maximum Gasteiger partial charge on any atom is 0.0649 e. The predicted octanol–water partition coefficient (Wildman–Crippen LogP) is 3.37. The van der Waals surface area contributed by atoms with Crippen LogP contribution < -0.4 is 5.32 Å². The van der Waals surface area contributed by atoms with Crippen LogP contribution in [0.25, 0.3) is 5.69 Å². The first-order valence-electron chi connectivity index (χ1n) is 5.98. The van der Waals surface area contributed by atoms with Crippen LogP contribution >= 0.6 is 22.6 Å². The second-order valence-corrected chi connectivity index (χ2v) is 6.62. The van der Waals surface area contributed by atoms with Crippen LogP contribution in [0, 0.1) is 3.57 Å². The molecule has 18 heavy (non-hydrogen) atoms. The molecule has 1 aromatic carbocycles. The molecule has 0 fully saturated rings. The monoisotopic (exact) mass is 355 g/mol. The van der Waals surface area contributed by atoms with Crippen LogP contribution in [0.2, 0.25) is 0 Å². The third-order valence-electron chi connectivity index (χ3n) is 2.55. The first kappa shape index (κ1) is 13.5. The molecule has 0 spiro atoms. The normalized spacial score (nSPS) is 11.8. The Morgan fingerprint density at radius 1 is 1.33 bits per heavy atom. The Bertz CT molecular complexity index is 526. The van der Waals surface area contributed by atoms with Crippen molar-refractivity contribution >= 4 is 22.6 Å². The number of nitrogens with one attached hydrogen (secondary N) is 1. The summed E-state index contributed by atoms with van der Waals surface area (Å²) in [6.07, 6.45) is 3.89. The number of hydrogen-bond donors (Lipinski definition) is 1. The maximum absolute atomic E-state index is 4.32. The summed E-state index contributed by atoms with van der Waals surface area (Å²) in [6.45, 7) is 7.39. The van der Waals surface area contributed by atoms with Gasteiger partial charge in [-0.1, -0.05) is 12.1 Å². The summed E-state index contributed by atoms with van der Waals surface area (Å²) in [5.74, 6) is 0. The number of hydrogen-bond acceptors (Lipinski definition) is 2. The summed E-state index contributed by atoms with van der Waals surface area (Å²) in [7, 11) is 0. The van der Waals surface area contributed by atoms with Gasteiger partial charge < -0.3 is 5.32 Å². The molecule has 1 heterocycles. The Morgan fingerprint density at radius 3 is 2.72 bits per heavy atom. The summed E-state index contributed by atoms with van der Waals surface area (Å²) in [4.78, 5) is 0. The van der Waals surface area contributed by atoms with E-state index in [0.29, 0.717) is 0 Å². The molecule has 3 nitrogen and oxygen atoms in total. The van der Waals surface area contributed by atoms with E-state index in [9.17, 15) is 0 Å². The van der Waals surface area contributed by atoms with Gasteiger partial charge in [-0.25, -0.2) is 4.68 Å². The molecule has 0 aliphatic rings. The summed E-state index contributed by atoms with van der Waals surface area (Å²) in [6, 6.07) is 8.45. The van der Waals surface area contributed by atoms with Crippen molar-refractivity contribution in [3.05, 3.63) is 45.8 Å². The van der Waals surface area contributed by atoms with Crippen LogP contribution in [0.15, 0.2) is 36.7 Å². The Morgan fingerprint density at radius 2 is 2.11 bits per heavy atom. The average molecular weight is 355 g/mol. The van der Waals surface area contributed by atoms with Gasteiger partial charge in [-0.3, -0.25) is 0 Å². The third kappa shape index (κ3) is 3.81. The number of halogens is 1. The molecular weight excluding hydrogens is 337 g/mol. The van der Waals surface area contributed by atoms with Crippen LogP contribution in [0.4, 0.5) is 0 Å². The molecule has 2 rings (SSSR count). The van der Waals surface area contributed by atoms with Gasteiger partial charge in [0.1, 0.15) is 0 Å². The van der Waals surface area contributed by atoms with Crippen molar-refractivity contribution in [1.82, 2.24) is 15.1 Å². The highest BCUT2D eigenvalue weighted by Crippen LogP contribution is 2.13. The number of aromatic nitrogens is 2. The molecular formula is C14H18IN3. The summed E-state index contributed by atoms with van der Waals surface area (Å²) in [5, 5.41) is 7.82. The Labute approximate surface area is 122 Å². The van der Waals surface area contributed by atoms with Gasteiger partial charge in [0.2, 0.25) is 0 Å². The fourth-order valence-electron chi connectivity index (χ4n) is 1.62. The van der Waals surface area contributed by atoms with Gasteiger partial charge in [0.05, 0.1) is 15.5 Å². The van der Waals surface area contributed by atoms with Crippen LogP contribution in [0.5, 0.6) is 0 Å². The molecule has 0 radical (unpaired) electrons. The zero-order valence-electron chi connectivity index (χ0n) is 10.9. The first-order chi connectivity index (χ1) is 8.44. The predicted molar refractivity (Wildman–Crippen MR) is 82.9 cm³/mol. The maximum atomic E-state index is 4.32. The van der Waals surface area contributed by atoms with Gasteiger partial charge in [0.15, 0.2) is 0 Å². The SMILES string of the molecule is CC(C)(C)NCc1cccc(-n2cc(I)cn2)c1. The van der Waals surface area contributed by atoms with E-state index in [0.717, 1.165) is 15.8 Å². The van der Waals surface area contributed by atoms with Crippen molar-refractivity contribution in [2.45, 2.75) is 32.9 Å². The van der Waals surface area contributed by atoms with Crippen LogP contribution in [0.1, 0.15) is 26.3 Å². The van der Waals surface area contributed by atoms with E-state index in [1.807, 2.05) is 17.1 Å². The van der Waals surface area contributed by atoms with E-state index in [1.165, 1.54) is 5.56 Å². The molecule has 2 aromatic rings. The van der Waals surface area contributed by atoms with Gasteiger partial charge in [0.25, 0.3) is 0 Å². The lowest BCUT2D eigenvalue weighted by atomic mass is 10.1. The van der Waals surface area contributed by atoms with Gasteiger partial charge >= 0.3 is 0 Å². The largest absolute Gasteiger partial charge is 0.308 e. The van der Waals surface area contributed by atoms with E-state index >= 15 is 0 Å². The zero-order chi connectivity index (χ0) is 13.2. The number of rotatable bonds is 3. The highest BCUT2D eigenvalue weighted by atomic mass is 127. The Kier molecular flexibility index (Phi) is 4.07. The molecule has 4 heteroatoms. The highest BCUT2D eigenvalue weighted by molar-refractivity contribution is 14.1. The molecule has 1 aromatic heterocycles. The van der Waals surface area contributed by atoms with Gasteiger partial charge in [0, 0.05) is 18.3 Å². The second kappa shape index (κ2) is 5.40. The zero-order valence-corrected chi connectivity index (χ0v) is 13.1. The minimum Gasteiger partial charge on any atom is -0.308 e. The highest BCUT2D eigenvalue weighted by Gasteiger charge is 2.08. The van der Waals surface area contributed by atoms with Crippen LogP contribution in [0.3, 0.4) is 0 Å². The van der Waals surface area contributed by atoms with Crippen molar-refractivity contribution in [3.8, 4) is 5.69 Å². The molecule has 0 saturated carbocycles. The van der Waals surface area contributed by atoms with Crippen LogP contribution in [-0.2, 0) is 6.54 Å². The lowest BCUT2D eigenvalue weighted by molar-refractivity contribution is 0.424. The fourth-order valence-corrected chi connectivity index (χ4v) is 2.01. The molecule has 0 bridgehead atoms. The molecule has 0 atom stereocenters. The van der Waals surface area contributed by atoms with Gasteiger partial charge in [-0.15, -0.1) is 0 Å².